The fourth-order valence-electron chi connectivity index (χ4n) is 2.47. The lowest BCUT2D eigenvalue weighted by Crippen LogP contribution is -2.24. The molecule has 1 amide bonds. The molecule has 0 atom stereocenters. The number of nitrogens with one attached hydrogen (secondary N) is 2. The lowest BCUT2D eigenvalue weighted by molar-refractivity contribution is 0.0945. The first-order valence-corrected chi connectivity index (χ1v) is 8.44. The van der Waals surface area contributed by atoms with Crippen molar-refractivity contribution < 1.29 is 13.6 Å². The van der Waals surface area contributed by atoms with Gasteiger partial charge in [0.1, 0.15) is 29.5 Å². The highest BCUT2D eigenvalue weighted by Gasteiger charge is 2.10. The van der Waals surface area contributed by atoms with Gasteiger partial charge in [0.05, 0.1) is 0 Å². The maximum absolute atomic E-state index is 13.6. The zero-order valence-electron chi connectivity index (χ0n) is 14.5. The molecule has 0 aliphatic heterocycles. The molecule has 7 heteroatoms. The maximum atomic E-state index is 13.6. The largest absolute Gasteiger partial charge is 0.370 e. The number of halogens is 2. The number of carbonyl (C=O) groups is 1. The number of benzene rings is 2. The highest BCUT2D eigenvalue weighted by molar-refractivity contribution is 5.92. The molecule has 1 heterocycles. The second kappa shape index (κ2) is 8.84. The Morgan fingerprint density at radius 2 is 1.78 bits per heavy atom. The molecule has 27 heavy (non-hydrogen) atoms. The third-order valence-corrected chi connectivity index (χ3v) is 3.93. The van der Waals surface area contributed by atoms with E-state index >= 15 is 0 Å². The van der Waals surface area contributed by atoms with Gasteiger partial charge in [-0.1, -0.05) is 30.3 Å². The van der Waals surface area contributed by atoms with Crippen molar-refractivity contribution in [3.8, 4) is 0 Å². The Balaban J connectivity index is 1.53. The van der Waals surface area contributed by atoms with Crippen molar-refractivity contribution in [2.24, 2.45) is 0 Å². The lowest BCUT2D eigenvalue weighted by atomic mass is 10.1. The normalized spacial score (nSPS) is 10.4. The average Bonchev–Trinajstić information content (AvgIpc) is 2.69. The summed E-state index contributed by atoms with van der Waals surface area (Å²) in [5.74, 6) is -0.553. The smallest absolute Gasteiger partial charge is 0.270 e. The minimum absolute atomic E-state index is 0.0723. The minimum atomic E-state index is -0.415. The van der Waals surface area contributed by atoms with Crippen LogP contribution in [0.1, 0.15) is 21.6 Å². The number of hydrogen-bond acceptors (Lipinski definition) is 4. The van der Waals surface area contributed by atoms with E-state index in [0.29, 0.717) is 24.3 Å². The summed E-state index contributed by atoms with van der Waals surface area (Å²) in [7, 11) is 0. The van der Waals surface area contributed by atoms with Crippen LogP contribution in [0.4, 0.5) is 14.6 Å². The molecule has 3 rings (SSSR count). The van der Waals surface area contributed by atoms with Gasteiger partial charge in [0, 0.05) is 24.7 Å². The standard InChI is InChI=1S/C20H18F2N4O/c21-16-7-5-14(6-8-16)9-10-23-19-11-18(25-13-26-19)20(27)24-12-15-3-1-2-4-17(15)22/h1-8,11,13H,9-10,12H2,(H,24,27)(H,23,25,26). The molecule has 1 aromatic heterocycles. The lowest BCUT2D eigenvalue weighted by Gasteiger charge is -2.08. The summed E-state index contributed by atoms with van der Waals surface area (Å²) in [6.07, 6.45) is 1.97. The molecule has 3 aromatic rings. The summed E-state index contributed by atoms with van der Waals surface area (Å²) in [5.41, 5.74) is 1.57. The first kappa shape index (κ1) is 18.4. The Morgan fingerprint density at radius 1 is 1.00 bits per heavy atom. The van der Waals surface area contributed by atoms with Crippen molar-refractivity contribution in [1.29, 1.82) is 0 Å². The number of nitrogens with zero attached hydrogens (tertiary/aromatic N) is 2. The van der Waals surface area contributed by atoms with Gasteiger partial charge in [-0.05, 0) is 30.2 Å². The summed E-state index contributed by atoms with van der Waals surface area (Å²) in [6.45, 7) is 0.641. The molecule has 0 aliphatic carbocycles. The molecule has 138 valence electrons. The van der Waals surface area contributed by atoms with Gasteiger partial charge in [-0.25, -0.2) is 18.7 Å². The maximum Gasteiger partial charge on any atom is 0.270 e. The number of hydrogen-bond donors (Lipinski definition) is 2. The quantitative estimate of drug-likeness (QED) is 0.671. The van der Waals surface area contributed by atoms with Crippen LogP contribution in [-0.2, 0) is 13.0 Å². The number of anilines is 1. The topological polar surface area (TPSA) is 66.9 Å². The highest BCUT2D eigenvalue weighted by atomic mass is 19.1. The zero-order valence-corrected chi connectivity index (χ0v) is 14.5. The average molecular weight is 368 g/mol. The molecule has 0 saturated carbocycles. The molecular weight excluding hydrogens is 350 g/mol. The zero-order chi connectivity index (χ0) is 19.1. The summed E-state index contributed by atoms with van der Waals surface area (Å²) in [4.78, 5) is 20.3. The van der Waals surface area contributed by atoms with Crippen molar-refractivity contribution in [1.82, 2.24) is 15.3 Å². The predicted octanol–water partition coefficient (Wildman–Crippen LogP) is 3.34. The molecule has 2 aromatic carbocycles. The summed E-state index contributed by atoms with van der Waals surface area (Å²) in [6, 6.07) is 14.1. The first-order valence-electron chi connectivity index (χ1n) is 8.44. The van der Waals surface area contributed by atoms with Gasteiger partial charge < -0.3 is 10.6 Å². The second-order valence-electron chi connectivity index (χ2n) is 5.87. The molecule has 0 fully saturated rings. The van der Waals surface area contributed by atoms with Crippen molar-refractivity contribution in [2.75, 3.05) is 11.9 Å². The van der Waals surface area contributed by atoms with E-state index in [-0.39, 0.29) is 23.9 Å². The van der Waals surface area contributed by atoms with E-state index in [2.05, 4.69) is 20.6 Å². The number of amides is 1. The first-order chi connectivity index (χ1) is 13.1. The van der Waals surface area contributed by atoms with Crippen LogP contribution in [0.5, 0.6) is 0 Å². The van der Waals surface area contributed by atoms with E-state index in [1.54, 1.807) is 30.3 Å². The Kier molecular flexibility index (Phi) is 6.04. The van der Waals surface area contributed by atoms with Crippen LogP contribution in [0.2, 0.25) is 0 Å². The molecule has 0 bridgehead atoms. The van der Waals surface area contributed by atoms with Gasteiger partial charge in [-0.15, -0.1) is 0 Å². The molecule has 0 spiro atoms. The van der Waals surface area contributed by atoms with Gasteiger partial charge in [0.15, 0.2) is 0 Å². The number of rotatable bonds is 7. The van der Waals surface area contributed by atoms with Gasteiger partial charge in [0.25, 0.3) is 5.91 Å². The van der Waals surface area contributed by atoms with Gasteiger partial charge in [0.2, 0.25) is 0 Å². The van der Waals surface area contributed by atoms with E-state index in [1.165, 1.54) is 30.6 Å². The van der Waals surface area contributed by atoms with Gasteiger partial charge in [-0.3, -0.25) is 4.79 Å². The van der Waals surface area contributed by atoms with E-state index in [9.17, 15) is 13.6 Å². The van der Waals surface area contributed by atoms with Crippen LogP contribution >= 0.6 is 0 Å². The molecule has 0 aliphatic rings. The van der Waals surface area contributed by atoms with Crippen LogP contribution in [-0.4, -0.2) is 22.4 Å². The highest BCUT2D eigenvalue weighted by Crippen LogP contribution is 2.08. The number of carbonyl (C=O) groups excluding carboxylic acids is 1. The molecule has 0 radical (unpaired) electrons. The fourth-order valence-corrected chi connectivity index (χ4v) is 2.47. The third-order valence-electron chi connectivity index (χ3n) is 3.93. The predicted molar refractivity (Wildman–Crippen MR) is 98.2 cm³/mol. The van der Waals surface area contributed by atoms with Crippen LogP contribution in [0.15, 0.2) is 60.9 Å². The van der Waals surface area contributed by atoms with Crippen LogP contribution < -0.4 is 10.6 Å². The Hall–Kier alpha value is -3.35. The fraction of sp³-hybridized carbons (Fsp3) is 0.150. The van der Waals surface area contributed by atoms with Crippen molar-refractivity contribution in [2.45, 2.75) is 13.0 Å². The Labute approximate surface area is 155 Å². The molecule has 2 N–H and O–H groups in total. The van der Waals surface area contributed by atoms with Crippen molar-refractivity contribution >= 4 is 11.7 Å². The number of aromatic nitrogens is 2. The molecular formula is C20H18F2N4O. The summed E-state index contributed by atoms with van der Waals surface area (Å²) < 4.78 is 26.5. The Bertz CT molecular complexity index is 916. The summed E-state index contributed by atoms with van der Waals surface area (Å²) in [5, 5.41) is 5.74. The van der Waals surface area contributed by atoms with E-state index in [0.717, 1.165) is 5.56 Å². The third kappa shape index (κ3) is 5.31. The molecule has 0 unspecified atom stereocenters. The van der Waals surface area contributed by atoms with Crippen LogP contribution in [0.25, 0.3) is 0 Å². The van der Waals surface area contributed by atoms with Gasteiger partial charge >= 0.3 is 0 Å². The van der Waals surface area contributed by atoms with Crippen molar-refractivity contribution in [3.05, 3.63) is 89.4 Å². The van der Waals surface area contributed by atoms with E-state index in [4.69, 9.17) is 0 Å². The van der Waals surface area contributed by atoms with Crippen molar-refractivity contribution in [3.63, 3.8) is 0 Å². The van der Waals surface area contributed by atoms with Crippen LogP contribution in [0.3, 0.4) is 0 Å². The molecule has 0 saturated heterocycles. The second-order valence-corrected chi connectivity index (χ2v) is 5.87. The van der Waals surface area contributed by atoms with E-state index < -0.39 is 5.91 Å². The van der Waals surface area contributed by atoms with E-state index in [1.807, 2.05) is 0 Å². The SMILES string of the molecule is O=C(NCc1ccccc1F)c1cc(NCCc2ccc(F)cc2)ncn1. The monoisotopic (exact) mass is 368 g/mol. The summed E-state index contributed by atoms with van der Waals surface area (Å²) >= 11 is 0. The molecule has 5 nitrogen and oxygen atoms in total. The minimum Gasteiger partial charge on any atom is -0.370 e. The Morgan fingerprint density at radius 3 is 2.56 bits per heavy atom. The van der Waals surface area contributed by atoms with Gasteiger partial charge in [-0.2, -0.15) is 0 Å². The van der Waals surface area contributed by atoms with Crippen LogP contribution in [0, 0.1) is 11.6 Å².